The summed E-state index contributed by atoms with van der Waals surface area (Å²) in [5.41, 5.74) is 5.09. The summed E-state index contributed by atoms with van der Waals surface area (Å²) < 4.78 is 0. The molecule has 0 saturated heterocycles. The van der Waals surface area contributed by atoms with Gasteiger partial charge in [0, 0.05) is 8.07 Å². The molecule has 0 aliphatic carbocycles. The van der Waals surface area contributed by atoms with Gasteiger partial charge in [-0.25, -0.2) is 0 Å². The Bertz CT molecular complexity index is 621. The predicted molar refractivity (Wildman–Crippen MR) is 131 cm³/mol. The van der Waals surface area contributed by atoms with Crippen molar-refractivity contribution in [2.75, 3.05) is 5.79 Å². The quantitative estimate of drug-likeness (QED) is 0.351. The van der Waals surface area contributed by atoms with Crippen LogP contribution in [0.3, 0.4) is 0 Å². The van der Waals surface area contributed by atoms with Gasteiger partial charge in [-0.15, -0.1) is 0 Å². The highest BCUT2D eigenvalue weighted by Gasteiger charge is 2.32. The first-order valence-corrected chi connectivity index (χ1v) is 14.8. The van der Waals surface area contributed by atoms with E-state index >= 15 is 0 Å². The lowest BCUT2D eigenvalue weighted by molar-refractivity contribution is 0.554. The number of hydrogen-bond acceptors (Lipinski definition) is 0. The Balaban J connectivity index is 3.65. The second-order valence-corrected chi connectivity index (χ2v) is 20.4. The first kappa shape index (κ1) is 24.9. The molecule has 0 nitrogen and oxygen atoms in total. The zero-order chi connectivity index (χ0) is 21.6. The smallest absolute Gasteiger partial charge is 0.0252 e. The van der Waals surface area contributed by atoms with Crippen LogP contribution in [0.1, 0.15) is 99.8 Å². The van der Waals surface area contributed by atoms with E-state index in [9.17, 15) is 0 Å². The van der Waals surface area contributed by atoms with Crippen LogP contribution >= 0.6 is 8.58 Å². The van der Waals surface area contributed by atoms with E-state index in [2.05, 4.69) is 108 Å². The predicted octanol–water partition coefficient (Wildman–Crippen LogP) is 8.20. The molecule has 1 aromatic carbocycles. The van der Waals surface area contributed by atoms with Gasteiger partial charge in [0.25, 0.3) is 0 Å². The van der Waals surface area contributed by atoms with Crippen molar-refractivity contribution in [3.8, 4) is 0 Å². The fourth-order valence-electron chi connectivity index (χ4n) is 2.90. The van der Waals surface area contributed by atoms with Crippen molar-refractivity contribution >= 4 is 22.0 Å². The van der Waals surface area contributed by atoms with Crippen LogP contribution in [0.15, 0.2) is 12.1 Å². The van der Waals surface area contributed by atoms with Crippen LogP contribution in [-0.2, 0) is 16.2 Å². The van der Waals surface area contributed by atoms with Crippen LogP contribution < -0.4 is 5.30 Å². The van der Waals surface area contributed by atoms with E-state index in [1.165, 1.54) is 19.9 Å². The Labute approximate surface area is 174 Å². The van der Waals surface area contributed by atoms with Gasteiger partial charge in [0.2, 0.25) is 0 Å². The molecular formula is C25H46PSi-. The number of rotatable bonds is 3. The van der Waals surface area contributed by atoms with Gasteiger partial charge in [-0.3, -0.25) is 0 Å². The molecule has 0 bridgehead atoms. The maximum Gasteiger partial charge on any atom is 0.0252 e. The second-order valence-electron chi connectivity index (χ2n) is 13.1. The van der Waals surface area contributed by atoms with Crippen LogP contribution in [0.5, 0.6) is 0 Å². The van der Waals surface area contributed by atoms with Crippen LogP contribution in [0.4, 0.5) is 0 Å². The summed E-state index contributed by atoms with van der Waals surface area (Å²) in [6.45, 7) is 33.8. The largest absolute Gasteiger partial charge is 0.508 e. The lowest BCUT2D eigenvalue weighted by atomic mass is 9.75. The standard InChI is InChI=1S/C25H46PSi/c1-22(2,3)18-15-19(23(4,5)6)21(20(16-18)24(7,8)9)26-17-27(13,14)25(10,11)12/h15-16H,17H2,1-14H3/q-1. The van der Waals surface area contributed by atoms with Crippen LogP contribution in [0.25, 0.3) is 0 Å². The normalized spacial score (nSPS) is 15.0. The molecule has 2 heteroatoms. The van der Waals surface area contributed by atoms with Crippen molar-refractivity contribution < 1.29 is 0 Å². The van der Waals surface area contributed by atoms with Gasteiger partial charge in [0.05, 0.1) is 0 Å². The maximum absolute atomic E-state index is 2.57. The Hall–Kier alpha value is -0.133. The van der Waals surface area contributed by atoms with E-state index in [0.717, 1.165) is 0 Å². The molecule has 0 spiro atoms. The fourth-order valence-corrected chi connectivity index (χ4v) is 8.15. The minimum Gasteiger partial charge on any atom is -0.508 e. The second kappa shape index (κ2) is 7.60. The first-order chi connectivity index (χ1) is 11.7. The SMILES string of the molecule is CC(C)(C)c1cc(C(C)(C)C)c([P-]C[Si](C)(C)C(C)(C)C)c(C(C)(C)C)c1. The molecule has 0 radical (unpaired) electrons. The molecule has 0 aliphatic rings. The van der Waals surface area contributed by atoms with Crippen molar-refractivity contribution in [3.63, 3.8) is 0 Å². The van der Waals surface area contributed by atoms with E-state index in [4.69, 9.17) is 0 Å². The van der Waals surface area contributed by atoms with Crippen LogP contribution in [0.2, 0.25) is 18.1 Å². The van der Waals surface area contributed by atoms with Crippen LogP contribution in [-0.4, -0.2) is 13.9 Å². The molecule has 0 aliphatic heterocycles. The highest BCUT2D eigenvalue weighted by Crippen LogP contribution is 2.42. The van der Waals surface area contributed by atoms with Crippen molar-refractivity contribution in [2.24, 2.45) is 0 Å². The highest BCUT2D eigenvalue weighted by atomic mass is 31.1. The minimum absolute atomic E-state index is 0.164. The monoisotopic (exact) mass is 405 g/mol. The van der Waals surface area contributed by atoms with Gasteiger partial charge in [-0.05, 0) is 26.8 Å². The van der Waals surface area contributed by atoms with Crippen molar-refractivity contribution in [2.45, 2.75) is 117 Å². The number of hydrogen-bond donors (Lipinski definition) is 0. The molecular weight excluding hydrogens is 359 g/mol. The fraction of sp³-hybridized carbons (Fsp3) is 0.760. The van der Waals surface area contributed by atoms with Gasteiger partial charge in [-0.1, -0.05) is 119 Å². The lowest BCUT2D eigenvalue weighted by Crippen LogP contribution is -2.41. The van der Waals surface area contributed by atoms with E-state index < -0.39 is 8.07 Å². The highest BCUT2D eigenvalue weighted by molar-refractivity contribution is 7.51. The molecule has 0 heterocycles. The molecule has 27 heavy (non-hydrogen) atoms. The molecule has 0 saturated carbocycles. The van der Waals surface area contributed by atoms with E-state index in [-0.39, 0.29) is 16.2 Å². The van der Waals surface area contributed by atoms with E-state index in [0.29, 0.717) is 5.04 Å². The number of benzene rings is 1. The summed E-state index contributed by atoms with van der Waals surface area (Å²) in [5.74, 6) is 1.33. The zero-order valence-corrected chi connectivity index (χ0v) is 22.7. The zero-order valence-electron chi connectivity index (χ0n) is 20.8. The van der Waals surface area contributed by atoms with E-state index in [1.54, 1.807) is 16.4 Å². The lowest BCUT2D eigenvalue weighted by Gasteiger charge is -2.45. The van der Waals surface area contributed by atoms with Gasteiger partial charge in [0.1, 0.15) is 0 Å². The Morgan fingerprint density at radius 3 is 1.30 bits per heavy atom. The van der Waals surface area contributed by atoms with Crippen molar-refractivity contribution in [3.05, 3.63) is 28.8 Å². The van der Waals surface area contributed by atoms with Crippen LogP contribution in [0, 0.1) is 0 Å². The average molecular weight is 406 g/mol. The van der Waals surface area contributed by atoms with Gasteiger partial charge < -0.3 is 8.58 Å². The van der Waals surface area contributed by atoms with Crippen molar-refractivity contribution in [1.29, 1.82) is 0 Å². The summed E-state index contributed by atoms with van der Waals surface area (Å²) in [4.78, 5) is 0. The molecule has 0 fully saturated rings. The molecule has 1 aromatic rings. The third kappa shape index (κ3) is 6.17. The Kier molecular flexibility index (Phi) is 7.01. The van der Waals surface area contributed by atoms with E-state index in [1.807, 2.05) is 0 Å². The topological polar surface area (TPSA) is 0 Å². The molecule has 0 N–H and O–H groups in total. The molecule has 0 unspecified atom stereocenters. The van der Waals surface area contributed by atoms with Gasteiger partial charge in [0.15, 0.2) is 0 Å². The summed E-state index contributed by atoms with van der Waals surface area (Å²) >= 11 is 0. The maximum atomic E-state index is 2.57. The summed E-state index contributed by atoms with van der Waals surface area (Å²) in [5, 5.41) is 2.04. The molecule has 0 aromatic heterocycles. The Morgan fingerprint density at radius 1 is 0.667 bits per heavy atom. The third-order valence-electron chi connectivity index (χ3n) is 6.25. The Morgan fingerprint density at radius 2 is 1.04 bits per heavy atom. The average Bonchev–Trinajstić information content (AvgIpc) is 2.39. The van der Waals surface area contributed by atoms with Crippen molar-refractivity contribution in [1.82, 2.24) is 0 Å². The molecule has 0 atom stereocenters. The summed E-state index contributed by atoms with van der Waals surface area (Å²) in [7, 11) is 0.215. The summed E-state index contributed by atoms with van der Waals surface area (Å²) in [6.07, 6.45) is 0. The first-order valence-electron chi connectivity index (χ1n) is 10.5. The minimum atomic E-state index is -1.31. The molecule has 156 valence electrons. The summed E-state index contributed by atoms with van der Waals surface area (Å²) in [6, 6.07) is 5.03. The van der Waals surface area contributed by atoms with Gasteiger partial charge in [-0.2, -0.15) is 11.1 Å². The molecule has 1 rings (SSSR count). The van der Waals surface area contributed by atoms with Gasteiger partial charge >= 0.3 is 0 Å². The molecule has 0 amide bonds. The third-order valence-corrected chi connectivity index (χ3v) is 14.9.